The smallest absolute Gasteiger partial charge is 0.122 e. The van der Waals surface area contributed by atoms with E-state index in [2.05, 4.69) is 27.8 Å². The molecule has 1 aliphatic heterocycles. The molecular weight excluding hydrogens is 212 g/mol. The highest BCUT2D eigenvalue weighted by atomic mass is 16.5. The molecule has 0 radical (unpaired) electrons. The monoisotopic (exact) mass is 228 g/mol. The average molecular weight is 228 g/mol. The third-order valence-electron chi connectivity index (χ3n) is 3.32. The molecule has 0 bridgehead atoms. The Kier molecular flexibility index (Phi) is 2.59. The minimum Gasteiger partial charge on any atom is -0.493 e. The van der Waals surface area contributed by atoms with Crippen molar-refractivity contribution in [2.45, 2.75) is 26.3 Å². The third-order valence-corrected chi connectivity index (χ3v) is 3.32. The lowest BCUT2D eigenvalue weighted by molar-refractivity contribution is 0.357. The fourth-order valence-electron chi connectivity index (χ4n) is 2.29. The molecule has 0 atom stereocenters. The second kappa shape index (κ2) is 4.24. The summed E-state index contributed by atoms with van der Waals surface area (Å²) in [5.41, 5.74) is 2.73. The second-order valence-electron chi connectivity index (χ2n) is 4.46. The van der Waals surface area contributed by atoms with Crippen molar-refractivity contribution in [1.29, 1.82) is 0 Å². The van der Waals surface area contributed by atoms with Crippen LogP contribution in [0.1, 0.15) is 17.0 Å². The van der Waals surface area contributed by atoms with Gasteiger partial charge in [-0.15, -0.1) is 0 Å². The fourth-order valence-corrected chi connectivity index (χ4v) is 2.29. The van der Waals surface area contributed by atoms with Crippen LogP contribution in [0.3, 0.4) is 0 Å². The van der Waals surface area contributed by atoms with Crippen LogP contribution in [0.4, 0.5) is 0 Å². The zero-order valence-electron chi connectivity index (χ0n) is 10.0. The van der Waals surface area contributed by atoms with Crippen molar-refractivity contribution in [2.24, 2.45) is 0 Å². The van der Waals surface area contributed by atoms with E-state index in [4.69, 9.17) is 4.74 Å². The molecule has 1 aliphatic rings. The van der Waals surface area contributed by atoms with Gasteiger partial charge in [0.2, 0.25) is 0 Å². The number of ether oxygens (including phenoxy) is 1. The number of fused-ring (bicyclic) bond motifs is 1. The highest BCUT2D eigenvalue weighted by molar-refractivity contribution is 5.39. The van der Waals surface area contributed by atoms with E-state index >= 15 is 0 Å². The molecule has 0 saturated carbocycles. The van der Waals surface area contributed by atoms with Crippen LogP contribution in [-0.4, -0.2) is 16.2 Å². The van der Waals surface area contributed by atoms with Crippen molar-refractivity contribution in [3.05, 3.63) is 47.5 Å². The average Bonchev–Trinajstić information content (AvgIpc) is 2.94. The number of nitrogens with zero attached hydrogens (tertiary/aromatic N) is 2. The van der Waals surface area contributed by atoms with Crippen molar-refractivity contribution in [2.75, 3.05) is 6.61 Å². The van der Waals surface area contributed by atoms with Crippen LogP contribution >= 0.6 is 0 Å². The molecule has 3 nitrogen and oxygen atoms in total. The molecule has 0 N–H and O–H groups in total. The number of aryl methyl sites for hydroxylation is 3. The summed E-state index contributed by atoms with van der Waals surface area (Å²) < 4.78 is 7.69. The van der Waals surface area contributed by atoms with Crippen LogP contribution < -0.4 is 4.74 Å². The number of benzene rings is 1. The Bertz CT molecular complexity index is 531. The van der Waals surface area contributed by atoms with E-state index in [0.29, 0.717) is 0 Å². The largest absolute Gasteiger partial charge is 0.493 e. The highest BCUT2D eigenvalue weighted by Crippen LogP contribution is 2.26. The lowest BCUT2D eigenvalue weighted by Crippen LogP contribution is -2.02. The highest BCUT2D eigenvalue weighted by Gasteiger charge is 2.11. The van der Waals surface area contributed by atoms with Crippen molar-refractivity contribution >= 4 is 0 Å². The first kappa shape index (κ1) is 10.4. The summed E-state index contributed by atoms with van der Waals surface area (Å²) in [6, 6.07) is 6.53. The van der Waals surface area contributed by atoms with Crippen molar-refractivity contribution in [1.82, 2.24) is 9.55 Å². The number of rotatable bonds is 3. The standard InChI is InChI=1S/C14H16N2O/c1-11-15-6-8-16(11)7-4-12-2-3-14-13(10-12)5-9-17-14/h2-3,6,8,10H,4-5,7,9H2,1H3. The molecule has 2 heterocycles. The SMILES string of the molecule is Cc1nccn1CCc1ccc2c(c1)CCO2. The topological polar surface area (TPSA) is 27.1 Å². The number of hydrogen-bond donors (Lipinski definition) is 0. The van der Waals surface area contributed by atoms with Gasteiger partial charge in [0, 0.05) is 25.4 Å². The lowest BCUT2D eigenvalue weighted by Gasteiger charge is -2.06. The predicted octanol–water partition coefficient (Wildman–Crippen LogP) is 2.37. The minimum atomic E-state index is 0.833. The van der Waals surface area contributed by atoms with Crippen LogP contribution in [0, 0.1) is 6.92 Å². The molecule has 0 unspecified atom stereocenters. The van der Waals surface area contributed by atoms with Crippen LogP contribution in [0.5, 0.6) is 5.75 Å². The maximum atomic E-state index is 5.51. The summed E-state index contributed by atoms with van der Waals surface area (Å²) in [5.74, 6) is 2.14. The van der Waals surface area contributed by atoms with Crippen LogP contribution in [0.25, 0.3) is 0 Å². The molecule has 0 amide bonds. The summed E-state index contributed by atoms with van der Waals surface area (Å²) in [5, 5.41) is 0. The fraction of sp³-hybridized carbons (Fsp3) is 0.357. The van der Waals surface area contributed by atoms with E-state index in [9.17, 15) is 0 Å². The Morgan fingerprint density at radius 2 is 2.35 bits per heavy atom. The van der Waals surface area contributed by atoms with Gasteiger partial charge in [-0.05, 0) is 30.5 Å². The van der Waals surface area contributed by atoms with E-state index in [1.807, 2.05) is 19.3 Å². The molecule has 0 aliphatic carbocycles. The quantitative estimate of drug-likeness (QED) is 0.806. The number of aromatic nitrogens is 2. The van der Waals surface area contributed by atoms with Crippen LogP contribution in [-0.2, 0) is 19.4 Å². The molecule has 0 fully saturated rings. The number of imidazole rings is 1. The summed E-state index contributed by atoms with van der Waals surface area (Å²) in [7, 11) is 0. The molecule has 2 aromatic rings. The molecule has 0 saturated heterocycles. The van der Waals surface area contributed by atoms with Gasteiger partial charge in [-0.3, -0.25) is 0 Å². The molecule has 3 heteroatoms. The first-order chi connectivity index (χ1) is 8.33. The summed E-state index contributed by atoms with van der Waals surface area (Å²) in [6.07, 6.45) is 5.98. The van der Waals surface area contributed by atoms with Gasteiger partial charge in [-0.2, -0.15) is 0 Å². The van der Waals surface area contributed by atoms with Gasteiger partial charge in [-0.25, -0.2) is 4.98 Å². The molecule has 0 spiro atoms. The summed E-state index contributed by atoms with van der Waals surface area (Å²) in [4.78, 5) is 4.23. The zero-order chi connectivity index (χ0) is 11.7. The van der Waals surface area contributed by atoms with E-state index < -0.39 is 0 Å². The Balaban J connectivity index is 1.72. The summed E-state index contributed by atoms with van der Waals surface area (Å²) >= 11 is 0. The third kappa shape index (κ3) is 2.05. The zero-order valence-corrected chi connectivity index (χ0v) is 10.0. The van der Waals surface area contributed by atoms with Crippen molar-refractivity contribution in [3.63, 3.8) is 0 Å². The lowest BCUT2D eigenvalue weighted by atomic mass is 10.1. The summed E-state index contributed by atoms with van der Waals surface area (Å²) in [6.45, 7) is 3.86. The van der Waals surface area contributed by atoms with Gasteiger partial charge >= 0.3 is 0 Å². The minimum absolute atomic E-state index is 0.833. The molecule has 17 heavy (non-hydrogen) atoms. The normalized spacial score (nSPS) is 13.5. The molecule has 1 aromatic carbocycles. The van der Waals surface area contributed by atoms with Gasteiger partial charge in [0.15, 0.2) is 0 Å². The van der Waals surface area contributed by atoms with Crippen molar-refractivity contribution in [3.8, 4) is 5.75 Å². The Hall–Kier alpha value is -1.77. The van der Waals surface area contributed by atoms with E-state index in [1.54, 1.807) is 0 Å². The van der Waals surface area contributed by atoms with Gasteiger partial charge in [-0.1, -0.05) is 12.1 Å². The Morgan fingerprint density at radius 3 is 3.18 bits per heavy atom. The number of hydrogen-bond acceptors (Lipinski definition) is 2. The maximum absolute atomic E-state index is 5.51. The van der Waals surface area contributed by atoms with E-state index in [1.165, 1.54) is 11.1 Å². The van der Waals surface area contributed by atoms with Gasteiger partial charge in [0.05, 0.1) is 6.61 Å². The van der Waals surface area contributed by atoms with E-state index in [-0.39, 0.29) is 0 Å². The Morgan fingerprint density at radius 1 is 1.41 bits per heavy atom. The molecule has 1 aromatic heterocycles. The second-order valence-corrected chi connectivity index (χ2v) is 4.46. The first-order valence-electron chi connectivity index (χ1n) is 6.05. The van der Waals surface area contributed by atoms with Crippen molar-refractivity contribution < 1.29 is 4.74 Å². The van der Waals surface area contributed by atoms with Gasteiger partial charge in [0.25, 0.3) is 0 Å². The van der Waals surface area contributed by atoms with Crippen LogP contribution in [0.15, 0.2) is 30.6 Å². The van der Waals surface area contributed by atoms with Crippen LogP contribution in [0.2, 0.25) is 0 Å². The maximum Gasteiger partial charge on any atom is 0.122 e. The molecule has 3 rings (SSSR count). The molecule has 88 valence electrons. The molecular formula is C14H16N2O. The van der Waals surface area contributed by atoms with Gasteiger partial charge in [0.1, 0.15) is 11.6 Å². The predicted molar refractivity (Wildman–Crippen MR) is 66.3 cm³/mol. The van der Waals surface area contributed by atoms with Gasteiger partial charge < -0.3 is 9.30 Å². The Labute approximate surface area is 101 Å². The first-order valence-corrected chi connectivity index (χ1v) is 6.05. The van der Waals surface area contributed by atoms with E-state index in [0.717, 1.165) is 37.6 Å².